The number of hydrogen-bond donors (Lipinski definition) is 1. The van der Waals surface area contributed by atoms with Gasteiger partial charge < -0.3 is 5.32 Å². The summed E-state index contributed by atoms with van der Waals surface area (Å²) in [5.74, 6) is 0.452. The van der Waals surface area contributed by atoms with Crippen LogP contribution in [0, 0.1) is 25.2 Å². The normalized spacial score (nSPS) is 9.85. The zero-order valence-corrected chi connectivity index (χ0v) is 11.5. The van der Waals surface area contributed by atoms with E-state index < -0.39 is 0 Å². The van der Waals surface area contributed by atoms with Crippen molar-refractivity contribution in [3.8, 4) is 6.07 Å². The molecule has 0 fully saturated rings. The van der Waals surface area contributed by atoms with E-state index in [4.69, 9.17) is 5.26 Å². The van der Waals surface area contributed by atoms with Crippen molar-refractivity contribution in [3.63, 3.8) is 0 Å². The zero-order valence-electron chi connectivity index (χ0n) is 11.5. The van der Waals surface area contributed by atoms with Gasteiger partial charge in [0.2, 0.25) is 5.91 Å². The molecule has 2 aromatic rings. The quantitative estimate of drug-likeness (QED) is 0.928. The highest BCUT2D eigenvalue weighted by molar-refractivity contribution is 5.91. The Morgan fingerprint density at radius 3 is 2.55 bits per heavy atom. The van der Waals surface area contributed by atoms with Gasteiger partial charge in [-0.2, -0.15) is 5.26 Å². The van der Waals surface area contributed by atoms with Crippen LogP contribution in [-0.2, 0) is 11.2 Å². The summed E-state index contributed by atoms with van der Waals surface area (Å²) in [5, 5.41) is 11.5. The van der Waals surface area contributed by atoms with E-state index in [9.17, 15) is 4.79 Å². The lowest BCUT2D eigenvalue weighted by Gasteiger charge is -2.06. The maximum absolute atomic E-state index is 11.9. The number of rotatable bonds is 3. The largest absolute Gasteiger partial charge is 0.310 e. The van der Waals surface area contributed by atoms with Crippen molar-refractivity contribution in [1.29, 1.82) is 5.26 Å². The molecule has 0 saturated carbocycles. The van der Waals surface area contributed by atoms with E-state index >= 15 is 0 Å². The highest BCUT2D eigenvalue weighted by Crippen LogP contribution is 2.10. The molecule has 1 N–H and O–H groups in total. The number of hydrogen-bond acceptors (Lipinski definition) is 3. The third-order valence-electron chi connectivity index (χ3n) is 2.81. The number of carbonyl (C=O) groups excluding carboxylic acids is 1. The number of aromatic nitrogens is 1. The lowest BCUT2D eigenvalue weighted by Crippen LogP contribution is -2.15. The third-order valence-corrected chi connectivity index (χ3v) is 2.81. The number of benzene rings is 1. The van der Waals surface area contributed by atoms with E-state index in [1.807, 2.05) is 32.0 Å². The summed E-state index contributed by atoms with van der Waals surface area (Å²) in [6.07, 6.45) is 0.264. The van der Waals surface area contributed by atoms with Gasteiger partial charge in [-0.05, 0) is 49.2 Å². The Morgan fingerprint density at radius 2 is 1.95 bits per heavy atom. The number of anilines is 1. The molecule has 0 aliphatic rings. The van der Waals surface area contributed by atoms with Crippen LogP contribution in [0.4, 0.5) is 5.82 Å². The van der Waals surface area contributed by atoms with Crippen molar-refractivity contribution in [2.45, 2.75) is 20.3 Å². The molecule has 1 amide bonds. The van der Waals surface area contributed by atoms with E-state index in [2.05, 4.69) is 10.3 Å². The van der Waals surface area contributed by atoms with Crippen LogP contribution in [0.1, 0.15) is 22.4 Å². The predicted octanol–water partition coefficient (Wildman–Crippen LogP) is 2.75. The molecular weight excluding hydrogens is 250 g/mol. The molecule has 0 atom stereocenters. The summed E-state index contributed by atoms with van der Waals surface area (Å²) < 4.78 is 0. The second kappa shape index (κ2) is 5.98. The van der Waals surface area contributed by atoms with Crippen molar-refractivity contribution in [3.05, 3.63) is 58.8 Å². The summed E-state index contributed by atoms with van der Waals surface area (Å²) in [4.78, 5) is 16.2. The second-order valence-corrected chi connectivity index (χ2v) is 4.70. The first-order valence-corrected chi connectivity index (χ1v) is 6.31. The minimum atomic E-state index is -0.118. The van der Waals surface area contributed by atoms with Crippen LogP contribution in [0.3, 0.4) is 0 Å². The minimum Gasteiger partial charge on any atom is -0.310 e. The first kappa shape index (κ1) is 13.8. The van der Waals surface area contributed by atoms with Crippen molar-refractivity contribution in [2.24, 2.45) is 0 Å². The highest BCUT2D eigenvalue weighted by atomic mass is 16.1. The van der Waals surface area contributed by atoms with Gasteiger partial charge in [-0.1, -0.05) is 12.1 Å². The smallest absolute Gasteiger partial charge is 0.229 e. The SMILES string of the molecule is Cc1cc(C)nc(NC(=O)Cc2ccc(C#N)cc2)c1. The molecule has 20 heavy (non-hydrogen) atoms. The second-order valence-electron chi connectivity index (χ2n) is 4.70. The molecule has 100 valence electrons. The Balaban J connectivity index is 2.03. The number of nitriles is 1. The van der Waals surface area contributed by atoms with Crippen LogP contribution >= 0.6 is 0 Å². The van der Waals surface area contributed by atoms with Crippen LogP contribution in [0.25, 0.3) is 0 Å². The van der Waals surface area contributed by atoms with E-state index in [0.717, 1.165) is 16.8 Å². The monoisotopic (exact) mass is 265 g/mol. The highest BCUT2D eigenvalue weighted by Gasteiger charge is 2.06. The van der Waals surface area contributed by atoms with Crippen molar-refractivity contribution < 1.29 is 4.79 Å². The van der Waals surface area contributed by atoms with Gasteiger partial charge >= 0.3 is 0 Å². The lowest BCUT2D eigenvalue weighted by atomic mass is 10.1. The first-order chi connectivity index (χ1) is 9.56. The van der Waals surface area contributed by atoms with Crippen LogP contribution in [0.2, 0.25) is 0 Å². The summed E-state index contributed by atoms with van der Waals surface area (Å²) in [7, 11) is 0. The van der Waals surface area contributed by atoms with Gasteiger partial charge in [0.05, 0.1) is 18.1 Å². The van der Waals surface area contributed by atoms with Gasteiger partial charge in [-0.3, -0.25) is 4.79 Å². The Bertz CT molecular complexity index is 649. The molecule has 0 unspecified atom stereocenters. The first-order valence-electron chi connectivity index (χ1n) is 6.31. The van der Waals surface area contributed by atoms with Gasteiger partial charge in [-0.25, -0.2) is 4.98 Å². The predicted molar refractivity (Wildman–Crippen MR) is 77.2 cm³/mol. The van der Waals surface area contributed by atoms with Crippen molar-refractivity contribution >= 4 is 11.7 Å². The third kappa shape index (κ3) is 3.66. The maximum atomic E-state index is 11.9. The Kier molecular flexibility index (Phi) is 4.11. The molecule has 1 aromatic heterocycles. The molecule has 4 nitrogen and oxygen atoms in total. The van der Waals surface area contributed by atoms with Gasteiger partial charge in [-0.15, -0.1) is 0 Å². The fraction of sp³-hybridized carbons (Fsp3) is 0.188. The molecule has 1 heterocycles. The number of nitrogens with one attached hydrogen (secondary N) is 1. The maximum Gasteiger partial charge on any atom is 0.229 e. The van der Waals surface area contributed by atoms with Crippen LogP contribution < -0.4 is 5.32 Å². The number of carbonyl (C=O) groups is 1. The summed E-state index contributed by atoms with van der Waals surface area (Å²) in [6, 6.07) is 12.8. The van der Waals surface area contributed by atoms with Gasteiger partial charge in [0.25, 0.3) is 0 Å². The van der Waals surface area contributed by atoms with E-state index in [-0.39, 0.29) is 12.3 Å². The van der Waals surface area contributed by atoms with E-state index in [1.165, 1.54) is 0 Å². The van der Waals surface area contributed by atoms with E-state index in [0.29, 0.717) is 11.4 Å². The number of amides is 1. The van der Waals surface area contributed by atoms with Crippen LogP contribution in [-0.4, -0.2) is 10.9 Å². The molecule has 0 spiro atoms. The Labute approximate surface area is 118 Å². The van der Waals surface area contributed by atoms with Gasteiger partial charge in [0.1, 0.15) is 5.82 Å². The summed E-state index contributed by atoms with van der Waals surface area (Å²) >= 11 is 0. The molecule has 0 bridgehead atoms. The average Bonchev–Trinajstić information content (AvgIpc) is 2.38. The molecule has 0 aliphatic carbocycles. The lowest BCUT2D eigenvalue weighted by molar-refractivity contribution is -0.115. The topological polar surface area (TPSA) is 65.8 Å². The Hall–Kier alpha value is -2.67. The summed E-state index contributed by atoms with van der Waals surface area (Å²) in [5.41, 5.74) is 3.39. The number of pyridine rings is 1. The molecule has 0 radical (unpaired) electrons. The molecule has 0 aliphatic heterocycles. The van der Waals surface area contributed by atoms with E-state index in [1.54, 1.807) is 24.3 Å². The molecule has 0 saturated heterocycles. The number of aryl methyl sites for hydroxylation is 2. The molecule has 1 aromatic carbocycles. The Morgan fingerprint density at radius 1 is 1.25 bits per heavy atom. The molecule has 2 rings (SSSR count). The van der Waals surface area contributed by atoms with Crippen LogP contribution in [0.15, 0.2) is 36.4 Å². The summed E-state index contributed by atoms with van der Waals surface area (Å²) in [6.45, 7) is 3.86. The minimum absolute atomic E-state index is 0.118. The fourth-order valence-electron chi connectivity index (χ4n) is 1.97. The average molecular weight is 265 g/mol. The van der Waals surface area contributed by atoms with Crippen molar-refractivity contribution in [1.82, 2.24) is 4.98 Å². The van der Waals surface area contributed by atoms with Crippen LogP contribution in [0.5, 0.6) is 0 Å². The molecule has 4 heteroatoms. The van der Waals surface area contributed by atoms with Gasteiger partial charge in [0.15, 0.2) is 0 Å². The van der Waals surface area contributed by atoms with Gasteiger partial charge in [0, 0.05) is 5.69 Å². The van der Waals surface area contributed by atoms with Crippen molar-refractivity contribution in [2.75, 3.05) is 5.32 Å². The number of nitrogens with zero attached hydrogens (tertiary/aromatic N) is 2. The fourth-order valence-corrected chi connectivity index (χ4v) is 1.97. The standard InChI is InChI=1S/C16H15N3O/c1-11-7-12(2)18-15(8-11)19-16(20)9-13-3-5-14(10-17)6-4-13/h3-8H,9H2,1-2H3,(H,18,19,20). The zero-order chi connectivity index (χ0) is 14.5. The molecular formula is C16H15N3O.